The predicted molar refractivity (Wildman–Crippen MR) is 94.5 cm³/mol. The number of carbonyl (C=O) groups is 2. The number of aryl methyl sites for hydroxylation is 1. The van der Waals surface area contributed by atoms with Crippen LogP contribution in [0.3, 0.4) is 0 Å². The summed E-state index contributed by atoms with van der Waals surface area (Å²) in [5.74, 6) is -0.419. The Labute approximate surface area is 143 Å². The highest BCUT2D eigenvalue weighted by Gasteiger charge is 2.12. The van der Waals surface area contributed by atoms with Gasteiger partial charge in [-0.05, 0) is 32.0 Å². The number of ketones is 1. The summed E-state index contributed by atoms with van der Waals surface area (Å²) in [6, 6.07) is 8.83. The predicted octanol–water partition coefficient (Wildman–Crippen LogP) is 3.97. The first kappa shape index (κ1) is 16.0. The van der Waals surface area contributed by atoms with E-state index in [4.69, 9.17) is 0 Å². The van der Waals surface area contributed by atoms with E-state index < -0.39 is 0 Å². The van der Waals surface area contributed by atoms with E-state index in [1.54, 1.807) is 29.5 Å². The molecule has 120 valence electrons. The number of nitrogens with zero attached hydrogens (tertiary/aromatic N) is 2. The number of benzene rings is 1. The van der Waals surface area contributed by atoms with Crippen LogP contribution in [0.25, 0.3) is 11.3 Å². The number of aromatic nitrogens is 2. The first-order valence-electron chi connectivity index (χ1n) is 7.33. The summed E-state index contributed by atoms with van der Waals surface area (Å²) in [6.45, 7) is 3.40. The highest BCUT2D eigenvalue weighted by Crippen LogP contribution is 2.22. The zero-order chi connectivity index (χ0) is 17.1. The minimum Gasteiger partial charge on any atom is -0.321 e. The van der Waals surface area contributed by atoms with Gasteiger partial charge >= 0.3 is 0 Å². The van der Waals surface area contributed by atoms with E-state index in [9.17, 15) is 9.59 Å². The molecule has 1 N–H and O–H groups in total. The second kappa shape index (κ2) is 6.72. The van der Waals surface area contributed by atoms with Crippen molar-refractivity contribution in [3.05, 3.63) is 64.2 Å². The van der Waals surface area contributed by atoms with E-state index in [0.29, 0.717) is 16.8 Å². The molecule has 0 fully saturated rings. The lowest BCUT2D eigenvalue weighted by molar-refractivity contribution is 0.101. The van der Waals surface area contributed by atoms with Crippen molar-refractivity contribution in [1.29, 1.82) is 0 Å². The number of pyridine rings is 1. The van der Waals surface area contributed by atoms with Crippen molar-refractivity contribution in [2.75, 3.05) is 5.32 Å². The van der Waals surface area contributed by atoms with Crippen LogP contribution in [0.15, 0.2) is 48.1 Å². The molecule has 5 nitrogen and oxygen atoms in total. The number of rotatable bonds is 4. The minimum atomic E-state index is -0.273. The molecule has 0 unspecified atom stereocenters. The Morgan fingerprint density at radius 2 is 1.88 bits per heavy atom. The lowest BCUT2D eigenvalue weighted by atomic mass is 10.1. The van der Waals surface area contributed by atoms with Gasteiger partial charge in [-0.15, -0.1) is 11.3 Å². The van der Waals surface area contributed by atoms with E-state index in [-0.39, 0.29) is 11.7 Å². The Morgan fingerprint density at radius 3 is 2.50 bits per heavy atom. The topological polar surface area (TPSA) is 72.0 Å². The van der Waals surface area contributed by atoms with Crippen LogP contribution >= 0.6 is 11.3 Å². The SMILES string of the molecule is CC(=O)c1cnccc1NC(=O)c1ccc(-c2csc(C)n2)cc1. The zero-order valence-corrected chi connectivity index (χ0v) is 14.1. The van der Waals surface area contributed by atoms with E-state index in [2.05, 4.69) is 15.3 Å². The Balaban J connectivity index is 1.80. The third-order valence-electron chi connectivity index (χ3n) is 3.51. The molecule has 0 aliphatic rings. The van der Waals surface area contributed by atoms with Gasteiger partial charge in [-0.25, -0.2) is 4.98 Å². The van der Waals surface area contributed by atoms with E-state index in [1.807, 2.05) is 24.4 Å². The second-order valence-electron chi connectivity index (χ2n) is 5.26. The maximum atomic E-state index is 12.4. The number of hydrogen-bond acceptors (Lipinski definition) is 5. The van der Waals surface area contributed by atoms with Gasteiger partial charge < -0.3 is 5.32 Å². The fraction of sp³-hybridized carbons (Fsp3) is 0.111. The van der Waals surface area contributed by atoms with Gasteiger partial charge in [0.2, 0.25) is 0 Å². The quantitative estimate of drug-likeness (QED) is 0.731. The van der Waals surface area contributed by atoms with Crippen LogP contribution in [0.1, 0.15) is 32.6 Å². The fourth-order valence-electron chi connectivity index (χ4n) is 2.27. The number of Topliss-reactive ketones (excluding diaryl/α,β-unsaturated/α-hetero) is 1. The summed E-state index contributed by atoms with van der Waals surface area (Å²) in [4.78, 5) is 32.3. The number of carbonyl (C=O) groups excluding carboxylic acids is 2. The number of amides is 1. The molecule has 0 aliphatic heterocycles. The molecule has 24 heavy (non-hydrogen) atoms. The molecular weight excluding hydrogens is 322 g/mol. The molecule has 3 rings (SSSR count). The maximum absolute atomic E-state index is 12.4. The Kier molecular flexibility index (Phi) is 4.48. The number of hydrogen-bond donors (Lipinski definition) is 1. The molecule has 3 aromatic rings. The van der Waals surface area contributed by atoms with Gasteiger partial charge in [0.15, 0.2) is 5.78 Å². The highest BCUT2D eigenvalue weighted by molar-refractivity contribution is 7.09. The van der Waals surface area contributed by atoms with E-state index in [1.165, 1.54) is 19.3 Å². The van der Waals surface area contributed by atoms with Crippen molar-refractivity contribution in [3.8, 4) is 11.3 Å². The van der Waals surface area contributed by atoms with Gasteiger partial charge in [0.25, 0.3) is 5.91 Å². The average molecular weight is 337 g/mol. The summed E-state index contributed by atoms with van der Waals surface area (Å²) in [6.07, 6.45) is 2.99. The normalized spacial score (nSPS) is 10.4. The molecular formula is C18H15N3O2S. The molecule has 0 radical (unpaired) electrons. The van der Waals surface area contributed by atoms with Crippen molar-refractivity contribution in [2.24, 2.45) is 0 Å². The van der Waals surface area contributed by atoms with Gasteiger partial charge in [-0.1, -0.05) is 12.1 Å². The lowest BCUT2D eigenvalue weighted by Gasteiger charge is -2.09. The number of anilines is 1. The minimum absolute atomic E-state index is 0.146. The largest absolute Gasteiger partial charge is 0.321 e. The van der Waals surface area contributed by atoms with Gasteiger partial charge in [0.05, 0.1) is 22.0 Å². The van der Waals surface area contributed by atoms with Gasteiger partial charge in [0.1, 0.15) is 0 Å². The molecule has 0 spiro atoms. The van der Waals surface area contributed by atoms with Crippen LogP contribution in [0.4, 0.5) is 5.69 Å². The van der Waals surface area contributed by atoms with Gasteiger partial charge in [-0.2, -0.15) is 0 Å². The fourth-order valence-corrected chi connectivity index (χ4v) is 2.89. The Morgan fingerprint density at radius 1 is 1.12 bits per heavy atom. The van der Waals surface area contributed by atoms with Crippen LogP contribution in [-0.4, -0.2) is 21.7 Å². The molecule has 6 heteroatoms. The molecule has 0 saturated carbocycles. The monoisotopic (exact) mass is 337 g/mol. The third kappa shape index (κ3) is 3.38. The second-order valence-corrected chi connectivity index (χ2v) is 6.32. The molecule has 0 aliphatic carbocycles. The van der Waals surface area contributed by atoms with Gasteiger partial charge in [-0.3, -0.25) is 14.6 Å². The van der Waals surface area contributed by atoms with Crippen molar-refractivity contribution in [3.63, 3.8) is 0 Å². The zero-order valence-electron chi connectivity index (χ0n) is 13.2. The molecule has 2 heterocycles. The molecule has 2 aromatic heterocycles. The summed E-state index contributed by atoms with van der Waals surface area (Å²) in [7, 11) is 0. The van der Waals surface area contributed by atoms with Crippen LogP contribution < -0.4 is 5.32 Å². The van der Waals surface area contributed by atoms with Crippen LogP contribution in [0.5, 0.6) is 0 Å². The van der Waals surface area contributed by atoms with Crippen molar-refractivity contribution in [1.82, 2.24) is 9.97 Å². The molecule has 0 saturated heterocycles. The van der Waals surface area contributed by atoms with Crippen molar-refractivity contribution < 1.29 is 9.59 Å². The van der Waals surface area contributed by atoms with E-state index >= 15 is 0 Å². The first-order valence-corrected chi connectivity index (χ1v) is 8.21. The van der Waals surface area contributed by atoms with Gasteiger partial charge in [0, 0.05) is 28.9 Å². The smallest absolute Gasteiger partial charge is 0.255 e. The van der Waals surface area contributed by atoms with Crippen LogP contribution in [0, 0.1) is 6.92 Å². The summed E-state index contributed by atoms with van der Waals surface area (Å²) in [5, 5.41) is 5.75. The maximum Gasteiger partial charge on any atom is 0.255 e. The summed E-state index contributed by atoms with van der Waals surface area (Å²) in [5.41, 5.74) is 3.22. The summed E-state index contributed by atoms with van der Waals surface area (Å²) >= 11 is 1.59. The molecule has 0 bridgehead atoms. The Hall–Kier alpha value is -2.86. The Bertz CT molecular complexity index is 901. The molecule has 1 aromatic carbocycles. The molecule has 1 amide bonds. The third-order valence-corrected chi connectivity index (χ3v) is 4.28. The first-order chi connectivity index (χ1) is 11.5. The average Bonchev–Trinajstić information content (AvgIpc) is 3.02. The standard InChI is InChI=1S/C18H15N3O2S/c1-11(22)15-9-19-8-7-16(15)21-18(23)14-5-3-13(4-6-14)17-10-24-12(2)20-17/h3-10H,1-2H3,(H,19,21,23). The summed E-state index contributed by atoms with van der Waals surface area (Å²) < 4.78 is 0. The lowest BCUT2D eigenvalue weighted by Crippen LogP contribution is -2.14. The number of thiazole rings is 1. The highest BCUT2D eigenvalue weighted by atomic mass is 32.1. The van der Waals surface area contributed by atoms with E-state index in [0.717, 1.165) is 16.3 Å². The number of nitrogens with one attached hydrogen (secondary N) is 1. The molecule has 0 atom stereocenters. The van der Waals surface area contributed by atoms with Crippen molar-refractivity contribution >= 4 is 28.7 Å². The van der Waals surface area contributed by atoms with Crippen LogP contribution in [0.2, 0.25) is 0 Å². The van der Waals surface area contributed by atoms with Crippen molar-refractivity contribution in [2.45, 2.75) is 13.8 Å². The van der Waals surface area contributed by atoms with Crippen LogP contribution in [-0.2, 0) is 0 Å².